The third kappa shape index (κ3) is 6.62. The molecule has 0 fully saturated rings. The summed E-state index contributed by atoms with van der Waals surface area (Å²) in [7, 11) is 2.05. The van der Waals surface area contributed by atoms with E-state index in [0.29, 0.717) is 18.1 Å². The summed E-state index contributed by atoms with van der Waals surface area (Å²) in [6, 6.07) is 16.6. The highest BCUT2D eigenvalue weighted by Crippen LogP contribution is 2.13. The molecular weight excluding hydrogens is 323 g/mol. The van der Waals surface area contributed by atoms with Gasteiger partial charge in [-0.2, -0.15) is 0 Å². The summed E-state index contributed by atoms with van der Waals surface area (Å²) in [6.07, 6.45) is 0.903. The summed E-state index contributed by atoms with van der Waals surface area (Å²) < 4.78 is 12.8. The average molecular weight is 346 g/mol. The molecule has 1 N–H and O–H groups in total. The van der Waals surface area contributed by atoms with Gasteiger partial charge in [0.1, 0.15) is 5.82 Å². The van der Waals surface area contributed by atoms with Gasteiger partial charge in [-0.15, -0.1) is 11.8 Å². The second kappa shape index (κ2) is 9.98. The van der Waals surface area contributed by atoms with Crippen molar-refractivity contribution in [2.24, 2.45) is 0 Å². The molecule has 0 saturated heterocycles. The van der Waals surface area contributed by atoms with E-state index in [1.54, 1.807) is 12.1 Å². The van der Waals surface area contributed by atoms with Crippen LogP contribution < -0.4 is 10.2 Å². The van der Waals surface area contributed by atoms with Crippen molar-refractivity contribution in [1.82, 2.24) is 5.32 Å². The van der Waals surface area contributed by atoms with E-state index in [1.165, 1.54) is 29.6 Å². The monoisotopic (exact) mass is 346 g/mol. The molecule has 0 aliphatic rings. The van der Waals surface area contributed by atoms with Crippen molar-refractivity contribution in [3.8, 4) is 0 Å². The third-order valence-corrected chi connectivity index (χ3v) is 4.61. The lowest BCUT2D eigenvalue weighted by atomic mass is 10.2. The molecule has 3 nitrogen and oxygen atoms in total. The first-order valence-electron chi connectivity index (χ1n) is 8.00. The van der Waals surface area contributed by atoms with E-state index in [-0.39, 0.29) is 11.7 Å². The Morgan fingerprint density at radius 3 is 2.54 bits per heavy atom. The van der Waals surface area contributed by atoms with Crippen molar-refractivity contribution in [1.29, 1.82) is 0 Å². The standard InChI is InChI=1S/C19H23FN2OS/c1-22(18-6-3-2-4-7-18)13-5-12-21-19(23)15-24-14-16-8-10-17(20)11-9-16/h2-4,6-11H,5,12-15H2,1H3,(H,21,23). The summed E-state index contributed by atoms with van der Waals surface area (Å²) >= 11 is 1.54. The van der Waals surface area contributed by atoms with Crippen LogP contribution in [0.3, 0.4) is 0 Å². The van der Waals surface area contributed by atoms with Gasteiger partial charge in [-0.25, -0.2) is 4.39 Å². The fourth-order valence-corrected chi connectivity index (χ4v) is 3.07. The average Bonchev–Trinajstić information content (AvgIpc) is 2.61. The molecule has 2 aromatic carbocycles. The second-order valence-electron chi connectivity index (χ2n) is 5.58. The van der Waals surface area contributed by atoms with Gasteiger partial charge >= 0.3 is 0 Å². The molecule has 128 valence electrons. The van der Waals surface area contributed by atoms with Gasteiger partial charge in [0.25, 0.3) is 0 Å². The minimum Gasteiger partial charge on any atom is -0.375 e. The van der Waals surface area contributed by atoms with Gasteiger partial charge in [0.05, 0.1) is 5.75 Å². The van der Waals surface area contributed by atoms with Gasteiger partial charge in [0.15, 0.2) is 0 Å². The molecule has 5 heteroatoms. The number of rotatable bonds is 9. The van der Waals surface area contributed by atoms with Gasteiger partial charge < -0.3 is 10.2 Å². The van der Waals surface area contributed by atoms with Crippen LogP contribution >= 0.6 is 11.8 Å². The molecule has 0 unspecified atom stereocenters. The smallest absolute Gasteiger partial charge is 0.230 e. The lowest BCUT2D eigenvalue weighted by molar-refractivity contribution is -0.118. The van der Waals surface area contributed by atoms with E-state index >= 15 is 0 Å². The van der Waals surface area contributed by atoms with Crippen LogP contribution in [-0.2, 0) is 10.5 Å². The van der Waals surface area contributed by atoms with E-state index in [1.807, 2.05) is 18.2 Å². The number of amides is 1. The number of nitrogens with zero attached hydrogens (tertiary/aromatic N) is 1. The Labute approximate surface area is 147 Å². The van der Waals surface area contributed by atoms with Crippen molar-refractivity contribution in [3.05, 3.63) is 66.0 Å². The van der Waals surface area contributed by atoms with Gasteiger partial charge in [0.2, 0.25) is 5.91 Å². The molecule has 0 bridgehead atoms. The molecule has 0 atom stereocenters. The first-order chi connectivity index (χ1) is 11.6. The highest BCUT2D eigenvalue weighted by atomic mass is 32.2. The first kappa shape index (κ1) is 18.3. The van der Waals surface area contributed by atoms with Crippen molar-refractivity contribution in [2.75, 3.05) is 30.8 Å². The normalized spacial score (nSPS) is 10.4. The Kier molecular flexibility index (Phi) is 7.62. The number of halogens is 1. The second-order valence-corrected chi connectivity index (χ2v) is 6.57. The van der Waals surface area contributed by atoms with Crippen LogP contribution in [0.25, 0.3) is 0 Å². The summed E-state index contributed by atoms with van der Waals surface area (Å²) in [5.41, 5.74) is 2.21. The summed E-state index contributed by atoms with van der Waals surface area (Å²) in [6.45, 7) is 1.57. The molecular formula is C19H23FN2OS. The zero-order valence-corrected chi connectivity index (χ0v) is 14.7. The fourth-order valence-electron chi connectivity index (χ4n) is 2.25. The zero-order chi connectivity index (χ0) is 17.2. The first-order valence-corrected chi connectivity index (χ1v) is 9.15. The molecule has 0 saturated carbocycles. The van der Waals surface area contributed by atoms with Crippen molar-refractivity contribution in [2.45, 2.75) is 12.2 Å². The van der Waals surface area contributed by atoms with Crippen LogP contribution in [0, 0.1) is 5.82 Å². The topological polar surface area (TPSA) is 32.3 Å². The number of carbonyl (C=O) groups excluding carboxylic acids is 1. The number of thioether (sulfide) groups is 1. The Balaban J connectivity index is 1.56. The molecule has 0 radical (unpaired) electrons. The molecule has 0 spiro atoms. The van der Waals surface area contributed by atoms with E-state index in [2.05, 4.69) is 29.4 Å². The maximum atomic E-state index is 12.8. The predicted octanol–water partition coefficient (Wildman–Crippen LogP) is 3.70. The molecule has 1 amide bonds. The van der Waals surface area contributed by atoms with Gasteiger partial charge in [-0.3, -0.25) is 4.79 Å². The Morgan fingerprint density at radius 1 is 1.12 bits per heavy atom. The number of para-hydroxylation sites is 1. The van der Waals surface area contributed by atoms with Gasteiger partial charge in [0, 0.05) is 31.6 Å². The van der Waals surface area contributed by atoms with Crippen molar-refractivity contribution < 1.29 is 9.18 Å². The molecule has 0 heterocycles. The minimum absolute atomic E-state index is 0.0458. The van der Waals surface area contributed by atoms with Crippen molar-refractivity contribution in [3.63, 3.8) is 0 Å². The van der Waals surface area contributed by atoms with Crippen LogP contribution in [0.1, 0.15) is 12.0 Å². The maximum Gasteiger partial charge on any atom is 0.230 e. The molecule has 0 aliphatic heterocycles. The lowest BCUT2D eigenvalue weighted by Gasteiger charge is -2.19. The Bertz CT molecular complexity index is 619. The summed E-state index contributed by atoms with van der Waals surface area (Å²) in [5.74, 6) is 0.947. The van der Waals surface area contributed by atoms with Gasteiger partial charge in [-0.1, -0.05) is 30.3 Å². The van der Waals surface area contributed by atoms with Crippen LogP contribution in [0.4, 0.5) is 10.1 Å². The number of anilines is 1. The summed E-state index contributed by atoms with van der Waals surface area (Å²) in [5, 5.41) is 2.94. The number of benzene rings is 2. The minimum atomic E-state index is -0.234. The lowest BCUT2D eigenvalue weighted by Crippen LogP contribution is -2.29. The number of carbonyl (C=O) groups is 1. The SMILES string of the molecule is CN(CCCNC(=O)CSCc1ccc(F)cc1)c1ccccc1. The number of hydrogen-bond donors (Lipinski definition) is 1. The van der Waals surface area contributed by atoms with Crippen LogP contribution in [0.2, 0.25) is 0 Å². The molecule has 2 aromatic rings. The number of nitrogens with one attached hydrogen (secondary N) is 1. The zero-order valence-electron chi connectivity index (χ0n) is 13.9. The molecule has 2 rings (SSSR count). The van der Waals surface area contributed by atoms with E-state index < -0.39 is 0 Å². The fraction of sp³-hybridized carbons (Fsp3) is 0.316. The molecule has 0 aliphatic carbocycles. The van der Waals surface area contributed by atoms with Crippen LogP contribution in [-0.4, -0.2) is 31.8 Å². The third-order valence-electron chi connectivity index (χ3n) is 3.60. The molecule has 24 heavy (non-hydrogen) atoms. The summed E-state index contributed by atoms with van der Waals surface area (Å²) in [4.78, 5) is 14.0. The Morgan fingerprint density at radius 2 is 1.83 bits per heavy atom. The predicted molar refractivity (Wildman–Crippen MR) is 99.9 cm³/mol. The van der Waals surface area contributed by atoms with E-state index in [0.717, 1.165) is 18.5 Å². The van der Waals surface area contributed by atoms with Gasteiger partial charge in [-0.05, 0) is 36.2 Å². The number of hydrogen-bond acceptors (Lipinski definition) is 3. The van der Waals surface area contributed by atoms with E-state index in [9.17, 15) is 9.18 Å². The largest absolute Gasteiger partial charge is 0.375 e. The maximum absolute atomic E-state index is 12.8. The van der Waals surface area contributed by atoms with Crippen LogP contribution in [0.15, 0.2) is 54.6 Å². The van der Waals surface area contributed by atoms with E-state index in [4.69, 9.17) is 0 Å². The molecule has 0 aromatic heterocycles. The van der Waals surface area contributed by atoms with Crippen molar-refractivity contribution >= 4 is 23.4 Å². The quantitative estimate of drug-likeness (QED) is 0.703. The highest BCUT2D eigenvalue weighted by molar-refractivity contribution is 7.99. The highest BCUT2D eigenvalue weighted by Gasteiger charge is 2.03. The Hall–Kier alpha value is -2.01. The van der Waals surface area contributed by atoms with Crippen LogP contribution in [0.5, 0.6) is 0 Å².